The molecule has 7 heteroatoms. The van der Waals surface area contributed by atoms with E-state index in [0.29, 0.717) is 10.8 Å². The van der Waals surface area contributed by atoms with Crippen molar-refractivity contribution in [3.63, 3.8) is 0 Å². The Morgan fingerprint density at radius 2 is 2.11 bits per heavy atom. The van der Waals surface area contributed by atoms with Gasteiger partial charge in [0.2, 0.25) is 0 Å². The molecule has 0 bridgehead atoms. The van der Waals surface area contributed by atoms with Gasteiger partial charge in [-0.1, -0.05) is 17.7 Å². The molecule has 102 valence electrons. The molecule has 0 aliphatic heterocycles. The first-order valence-electron chi connectivity index (χ1n) is 5.18. The van der Waals surface area contributed by atoms with Crippen molar-refractivity contribution in [3.8, 4) is 5.75 Å². The van der Waals surface area contributed by atoms with Gasteiger partial charge in [-0.3, -0.25) is 0 Å². The summed E-state index contributed by atoms with van der Waals surface area (Å²) in [7, 11) is 0. The first-order valence-corrected chi connectivity index (χ1v) is 6.54. The third kappa shape index (κ3) is 5.37. The predicted octanol–water partition coefficient (Wildman–Crippen LogP) is 3.99. The van der Waals surface area contributed by atoms with Crippen LogP contribution in [0.3, 0.4) is 0 Å². The maximum absolute atomic E-state index is 11.9. The Labute approximate surface area is 113 Å². The van der Waals surface area contributed by atoms with Crippen molar-refractivity contribution in [3.05, 3.63) is 28.8 Å². The summed E-state index contributed by atoms with van der Waals surface area (Å²) in [5.74, 6) is 0.193. The molecule has 0 unspecified atom stereocenters. The fourth-order valence-electron chi connectivity index (χ4n) is 1.23. The van der Waals surface area contributed by atoms with Gasteiger partial charge in [0.15, 0.2) is 0 Å². The molecule has 1 aromatic carbocycles. The Kier molecular flexibility index (Phi) is 5.62. The van der Waals surface area contributed by atoms with Gasteiger partial charge in [-0.05, 0) is 36.4 Å². The van der Waals surface area contributed by atoms with Gasteiger partial charge in [0.25, 0.3) is 0 Å². The van der Waals surface area contributed by atoms with Crippen LogP contribution in [0.2, 0.25) is 5.02 Å². The van der Waals surface area contributed by atoms with Crippen LogP contribution in [0.25, 0.3) is 0 Å². The lowest BCUT2D eigenvalue weighted by molar-refractivity contribution is -0.0329. The second-order valence-corrected chi connectivity index (χ2v) is 5.19. The van der Waals surface area contributed by atoms with E-state index >= 15 is 0 Å². The molecule has 0 saturated heterocycles. The van der Waals surface area contributed by atoms with E-state index in [0.717, 1.165) is 5.56 Å². The van der Waals surface area contributed by atoms with Gasteiger partial charge in [-0.25, -0.2) is 0 Å². The van der Waals surface area contributed by atoms with Crippen molar-refractivity contribution < 1.29 is 17.9 Å². The quantitative estimate of drug-likeness (QED) is 0.835. The summed E-state index contributed by atoms with van der Waals surface area (Å²) >= 11 is 5.81. The first-order chi connectivity index (χ1) is 8.29. The monoisotopic (exact) mass is 299 g/mol. The molecule has 0 aliphatic rings. The summed E-state index contributed by atoms with van der Waals surface area (Å²) in [5, 5.41) is 0.349. The van der Waals surface area contributed by atoms with Gasteiger partial charge < -0.3 is 10.5 Å². The molecule has 18 heavy (non-hydrogen) atoms. The van der Waals surface area contributed by atoms with Gasteiger partial charge in [-0.2, -0.15) is 13.2 Å². The Morgan fingerprint density at radius 1 is 1.44 bits per heavy atom. The zero-order chi connectivity index (χ0) is 13.8. The van der Waals surface area contributed by atoms with Gasteiger partial charge in [0.05, 0.1) is 11.6 Å². The lowest BCUT2D eigenvalue weighted by Gasteiger charge is -2.11. The van der Waals surface area contributed by atoms with Crippen molar-refractivity contribution >= 4 is 23.4 Å². The lowest BCUT2D eigenvalue weighted by Crippen LogP contribution is -2.08. The van der Waals surface area contributed by atoms with Gasteiger partial charge in [0.1, 0.15) is 5.75 Å². The second kappa shape index (κ2) is 6.54. The van der Waals surface area contributed by atoms with Crippen LogP contribution in [-0.4, -0.2) is 17.9 Å². The molecule has 0 aliphatic carbocycles. The number of nitrogens with two attached hydrogens (primary N) is 1. The van der Waals surface area contributed by atoms with Crippen LogP contribution in [0.1, 0.15) is 18.5 Å². The summed E-state index contributed by atoms with van der Waals surface area (Å²) in [6, 6.07) is 4.85. The minimum Gasteiger partial charge on any atom is -0.491 e. The van der Waals surface area contributed by atoms with Crippen LogP contribution in [0, 0.1) is 0 Å². The van der Waals surface area contributed by atoms with E-state index in [1.807, 2.05) is 6.92 Å². The number of rotatable bonds is 5. The number of benzene rings is 1. The predicted molar refractivity (Wildman–Crippen MR) is 68.1 cm³/mol. The minimum atomic E-state index is -4.23. The van der Waals surface area contributed by atoms with Crippen LogP contribution in [-0.2, 0) is 0 Å². The summed E-state index contributed by atoms with van der Waals surface area (Å²) in [6.45, 7) is 1.76. The zero-order valence-corrected chi connectivity index (χ0v) is 11.2. The highest BCUT2D eigenvalue weighted by Crippen LogP contribution is 2.31. The Morgan fingerprint density at radius 3 is 2.61 bits per heavy atom. The highest BCUT2D eigenvalue weighted by Gasteiger charge is 2.27. The second-order valence-electron chi connectivity index (χ2n) is 3.62. The number of hydrogen-bond donors (Lipinski definition) is 1. The van der Waals surface area contributed by atoms with E-state index in [9.17, 15) is 13.2 Å². The zero-order valence-electron chi connectivity index (χ0n) is 9.63. The molecule has 2 nitrogen and oxygen atoms in total. The number of halogens is 4. The molecule has 0 radical (unpaired) electrons. The average Bonchev–Trinajstić information content (AvgIpc) is 2.24. The number of hydrogen-bond acceptors (Lipinski definition) is 3. The van der Waals surface area contributed by atoms with E-state index in [-0.39, 0.29) is 30.2 Å². The van der Waals surface area contributed by atoms with Crippen molar-refractivity contribution in [2.24, 2.45) is 5.73 Å². The van der Waals surface area contributed by atoms with Crippen molar-refractivity contribution in [2.45, 2.75) is 18.5 Å². The Balaban J connectivity index is 2.48. The molecular formula is C11H13ClF3NOS. The highest BCUT2D eigenvalue weighted by molar-refractivity contribution is 8.00. The fraction of sp³-hybridized carbons (Fsp3) is 0.455. The summed E-state index contributed by atoms with van der Waals surface area (Å²) in [6.07, 6.45) is 0. The van der Waals surface area contributed by atoms with E-state index in [2.05, 4.69) is 0 Å². The smallest absolute Gasteiger partial charge is 0.441 e. The topological polar surface area (TPSA) is 35.2 Å². The molecular weight excluding hydrogens is 287 g/mol. The molecule has 1 aromatic rings. The van der Waals surface area contributed by atoms with Crippen LogP contribution in [0.5, 0.6) is 5.75 Å². The summed E-state index contributed by atoms with van der Waals surface area (Å²) in [4.78, 5) is 0. The molecule has 1 rings (SSSR count). The highest BCUT2D eigenvalue weighted by atomic mass is 35.5. The molecule has 0 spiro atoms. The third-order valence-electron chi connectivity index (χ3n) is 2.09. The number of thioether (sulfide) groups is 1. The molecule has 0 saturated carbocycles. The van der Waals surface area contributed by atoms with Crippen molar-refractivity contribution in [2.75, 3.05) is 12.4 Å². The van der Waals surface area contributed by atoms with E-state index in [4.69, 9.17) is 22.1 Å². The van der Waals surface area contributed by atoms with Crippen LogP contribution in [0.15, 0.2) is 18.2 Å². The fourth-order valence-corrected chi connectivity index (χ4v) is 1.87. The molecule has 0 heterocycles. The standard InChI is InChI=1S/C11H13ClF3NOS/c1-7(16)8-2-3-10(9(12)6-8)17-4-5-18-11(13,14)15/h2-3,6-7H,4-5,16H2,1H3/t7-/m1/s1. The molecule has 2 N–H and O–H groups in total. The normalized spacial score (nSPS) is 13.4. The first kappa shape index (κ1) is 15.5. The average molecular weight is 300 g/mol. The summed E-state index contributed by atoms with van der Waals surface area (Å²) in [5.41, 5.74) is 2.29. The maximum Gasteiger partial charge on any atom is 0.441 e. The molecule has 1 atom stereocenters. The molecule has 0 amide bonds. The molecule has 0 fully saturated rings. The van der Waals surface area contributed by atoms with Gasteiger partial charge >= 0.3 is 5.51 Å². The van der Waals surface area contributed by atoms with Crippen LogP contribution < -0.4 is 10.5 Å². The van der Waals surface area contributed by atoms with Crippen LogP contribution in [0.4, 0.5) is 13.2 Å². The Hall–Kier alpha value is -0.590. The van der Waals surface area contributed by atoms with Crippen LogP contribution >= 0.6 is 23.4 Å². The van der Waals surface area contributed by atoms with E-state index in [1.54, 1.807) is 18.2 Å². The van der Waals surface area contributed by atoms with Crippen molar-refractivity contribution in [1.29, 1.82) is 0 Å². The number of alkyl halides is 3. The van der Waals surface area contributed by atoms with Gasteiger partial charge in [-0.15, -0.1) is 0 Å². The summed E-state index contributed by atoms with van der Waals surface area (Å²) < 4.78 is 40.8. The minimum absolute atomic E-state index is 0.0541. The van der Waals surface area contributed by atoms with Crippen molar-refractivity contribution in [1.82, 2.24) is 0 Å². The largest absolute Gasteiger partial charge is 0.491 e. The Bertz CT molecular complexity index is 398. The lowest BCUT2D eigenvalue weighted by atomic mass is 10.1. The van der Waals surface area contributed by atoms with E-state index in [1.165, 1.54) is 0 Å². The maximum atomic E-state index is 11.9. The number of ether oxygens (including phenoxy) is 1. The van der Waals surface area contributed by atoms with Gasteiger partial charge in [0, 0.05) is 11.8 Å². The molecule has 0 aromatic heterocycles. The van der Waals surface area contributed by atoms with E-state index < -0.39 is 5.51 Å². The third-order valence-corrected chi connectivity index (χ3v) is 3.08. The SMILES string of the molecule is C[C@@H](N)c1ccc(OCCSC(F)(F)F)c(Cl)c1.